The third kappa shape index (κ3) is 6.86. The first-order chi connectivity index (χ1) is 16.0. The molecule has 0 saturated heterocycles. The van der Waals surface area contributed by atoms with E-state index in [1.165, 1.54) is 24.4 Å². The molecular weight excluding hydrogens is 432 g/mol. The number of nitrogens with one attached hydrogen (secondary N) is 2. The van der Waals surface area contributed by atoms with Gasteiger partial charge in [-0.3, -0.25) is 9.59 Å². The topological polar surface area (TPSA) is 89.0 Å². The van der Waals surface area contributed by atoms with E-state index in [1.54, 1.807) is 43.3 Å². The molecule has 0 bridgehead atoms. The van der Waals surface area contributed by atoms with E-state index in [9.17, 15) is 18.4 Å². The molecule has 0 saturated carbocycles. The molecule has 3 rings (SSSR count). The zero-order chi connectivity index (χ0) is 23.6. The number of hydrogen-bond donors (Lipinski definition) is 2. The summed E-state index contributed by atoms with van der Waals surface area (Å²) in [4.78, 5) is 23.8. The molecule has 0 atom stereocenters. The second kappa shape index (κ2) is 11.4. The summed E-state index contributed by atoms with van der Waals surface area (Å²) < 4.78 is 38.0. The molecule has 3 aromatic carbocycles. The predicted octanol–water partition coefficient (Wildman–Crippen LogP) is 4.03. The number of rotatable bonds is 8. The Morgan fingerprint density at radius 3 is 2.42 bits per heavy atom. The number of carbonyl (C=O) groups is 2. The van der Waals surface area contributed by atoms with Crippen LogP contribution in [0.25, 0.3) is 0 Å². The van der Waals surface area contributed by atoms with Crippen LogP contribution in [0.3, 0.4) is 0 Å². The van der Waals surface area contributed by atoms with Crippen LogP contribution in [0.2, 0.25) is 0 Å². The maximum Gasteiger partial charge on any atom is 0.329 e. The fourth-order valence-electron chi connectivity index (χ4n) is 2.70. The standard InChI is InChI=1S/C24H21F2N3O4/c1-2-32-22-13-16(7-12-21(22)33-15-17-5-3-4-6-20(17)26)14-27-29-24(31)23(30)28-19-10-8-18(25)9-11-19/h3-14H,2,15H2,1H3,(H,28,30)(H,29,31)/b27-14+. The summed E-state index contributed by atoms with van der Waals surface area (Å²) in [5, 5.41) is 6.09. The van der Waals surface area contributed by atoms with Gasteiger partial charge in [0.05, 0.1) is 12.8 Å². The van der Waals surface area contributed by atoms with Crippen LogP contribution in [0.1, 0.15) is 18.1 Å². The lowest BCUT2D eigenvalue weighted by Gasteiger charge is -2.13. The van der Waals surface area contributed by atoms with Crippen molar-refractivity contribution in [1.29, 1.82) is 0 Å². The van der Waals surface area contributed by atoms with Crippen molar-refractivity contribution in [3.05, 3.63) is 89.5 Å². The lowest BCUT2D eigenvalue weighted by Crippen LogP contribution is -2.32. The van der Waals surface area contributed by atoms with Crippen LogP contribution in [0, 0.1) is 11.6 Å². The summed E-state index contributed by atoms with van der Waals surface area (Å²) in [6.45, 7) is 2.21. The Hall–Kier alpha value is -4.27. The Balaban J connectivity index is 1.59. The van der Waals surface area contributed by atoms with E-state index in [2.05, 4.69) is 15.8 Å². The number of anilines is 1. The first kappa shape index (κ1) is 23.4. The van der Waals surface area contributed by atoms with Crippen molar-refractivity contribution in [2.45, 2.75) is 13.5 Å². The van der Waals surface area contributed by atoms with Gasteiger partial charge in [0.15, 0.2) is 11.5 Å². The van der Waals surface area contributed by atoms with Gasteiger partial charge in [0.1, 0.15) is 18.2 Å². The van der Waals surface area contributed by atoms with E-state index in [0.717, 1.165) is 12.1 Å². The van der Waals surface area contributed by atoms with Crippen molar-refractivity contribution in [2.24, 2.45) is 5.10 Å². The van der Waals surface area contributed by atoms with E-state index < -0.39 is 17.6 Å². The van der Waals surface area contributed by atoms with E-state index in [4.69, 9.17) is 9.47 Å². The molecule has 2 amide bonds. The molecule has 0 radical (unpaired) electrons. The molecular formula is C24H21F2N3O4. The Bertz CT molecular complexity index is 1150. The van der Waals surface area contributed by atoms with E-state index in [0.29, 0.717) is 29.2 Å². The molecule has 0 aliphatic rings. The molecule has 0 heterocycles. The maximum atomic E-state index is 13.8. The van der Waals surface area contributed by atoms with Gasteiger partial charge in [-0.15, -0.1) is 0 Å². The average molecular weight is 453 g/mol. The van der Waals surface area contributed by atoms with Crippen LogP contribution in [0.15, 0.2) is 71.8 Å². The van der Waals surface area contributed by atoms with Crippen LogP contribution in [0.5, 0.6) is 11.5 Å². The Morgan fingerprint density at radius 1 is 0.939 bits per heavy atom. The minimum absolute atomic E-state index is 0.0272. The minimum atomic E-state index is -0.995. The first-order valence-corrected chi connectivity index (χ1v) is 9.99. The highest BCUT2D eigenvalue weighted by atomic mass is 19.1. The SMILES string of the molecule is CCOc1cc(/C=N/NC(=O)C(=O)Nc2ccc(F)cc2)ccc1OCc1ccccc1F. The maximum absolute atomic E-state index is 13.8. The van der Waals surface area contributed by atoms with Gasteiger partial charge in [0.2, 0.25) is 0 Å². The molecule has 170 valence electrons. The van der Waals surface area contributed by atoms with Gasteiger partial charge in [0.25, 0.3) is 0 Å². The van der Waals surface area contributed by atoms with Gasteiger partial charge in [0, 0.05) is 11.3 Å². The molecule has 0 unspecified atom stereocenters. The zero-order valence-electron chi connectivity index (χ0n) is 17.7. The molecule has 9 heteroatoms. The van der Waals surface area contributed by atoms with E-state index in [1.807, 2.05) is 0 Å². The van der Waals surface area contributed by atoms with Crippen LogP contribution in [0.4, 0.5) is 14.5 Å². The number of halogens is 2. The molecule has 7 nitrogen and oxygen atoms in total. The highest BCUT2D eigenvalue weighted by Gasteiger charge is 2.13. The monoisotopic (exact) mass is 453 g/mol. The second-order valence-corrected chi connectivity index (χ2v) is 6.68. The van der Waals surface area contributed by atoms with Crippen molar-refractivity contribution in [3.8, 4) is 11.5 Å². The number of hydrazone groups is 1. The molecule has 3 aromatic rings. The normalized spacial score (nSPS) is 10.6. The largest absolute Gasteiger partial charge is 0.490 e. The van der Waals surface area contributed by atoms with Crippen molar-refractivity contribution < 1.29 is 27.8 Å². The highest BCUT2D eigenvalue weighted by Crippen LogP contribution is 2.29. The van der Waals surface area contributed by atoms with Crippen LogP contribution < -0.4 is 20.2 Å². The van der Waals surface area contributed by atoms with Crippen molar-refractivity contribution in [1.82, 2.24) is 5.43 Å². The summed E-state index contributed by atoms with van der Waals surface area (Å²) in [6, 6.07) is 16.2. The number of ether oxygens (including phenoxy) is 2. The van der Waals surface area contributed by atoms with Gasteiger partial charge in [-0.1, -0.05) is 18.2 Å². The molecule has 0 aliphatic heterocycles. The number of hydrogen-bond acceptors (Lipinski definition) is 5. The highest BCUT2D eigenvalue weighted by molar-refractivity contribution is 6.39. The predicted molar refractivity (Wildman–Crippen MR) is 119 cm³/mol. The first-order valence-electron chi connectivity index (χ1n) is 9.99. The third-order valence-electron chi connectivity index (χ3n) is 4.30. The van der Waals surface area contributed by atoms with Gasteiger partial charge in [-0.2, -0.15) is 5.10 Å². The Morgan fingerprint density at radius 2 is 1.70 bits per heavy atom. The van der Waals surface area contributed by atoms with E-state index >= 15 is 0 Å². The van der Waals surface area contributed by atoms with Gasteiger partial charge in [-0.05, 0) is 61.0 Å². The molecule has 0 fully saturated rings. The number of amides is 2. The average Bonchev–Trinajstić information content (AvgIpc) is 2.81. The summed E-state index contributed by atoms with van der Waals surface area (Å²) in [7, 11) is 0. The van der Waals surface area contributed by atoms with Gasteiger partial charge < -0.3 is 14.8 Å². The van der Waals surface area contributed by atoms with E-state index in [-0.39, 0.29) is 18.1 Å². The summed E-state index contributed by atoms with van der Waals surface area (Å²) in [5.74, 6) is -1.94. The molecule has 0 spiro atoms. The molecule has 0 aromatic heterocycles. The van der Waals surface area contributed by atoms with Crippen molar-refractivity contribution in [2.75, 3.05) is 11.9 Å². The fraction of sp³-hybridized carbons (Fsp3) is 0.125. The van der Waals surface area contributed by atoms with Crippen LogP contribution >= 0.6 is 0 Å². The number of benzene rings is 3. The summed E-state index contributed by atoms with van der Waals surface area (Å²) >= 11 is 0. The second-order valence-electron chi connectivity index (χ2n) is 6.68. The quantitative estimate of drug-likeness (QED) is 0.306. The lowest BCUT2D eigenvalue weighted by atomic mass is 10.2. The molecule has 33 heavy (non-hydrogen) atoms. The van der Waals surface area contributed by atoms with Crippen molar-refractivity contribution in [3.63, 3.8) is 0 Å². The number of nitrogens with zero attached hydrogens (tertiary/aromatic N) is 1. The van der Waals surface area contributed by atoms with Crippen LogP contribution in [-0.2, 0) is 16.2 Å². The Kier molecular flexibility index (Phi) is 8.07. The third-order valence-corrected chi connectivity index (χ3v) is 4.30. The van der Waals surface area contributed by atoms with Crippen molar-refractivity contribution >= 4 is 23.7 Å². The fourth-order valence-corrected chi connectivity index (χ4v) is 2.70. The number of carbonyl (C=O) groups excluding carboxylic acids is 2. The van der Waals surface area contributed by atoms with Gasteiger partial charge >= 0.3 is 11.8 Å². The zero-order valence-corrected chi connectivity index (χ0v) is 17.7. The minimum Gasteiger partial charge on any atom is -0.490 e. The van der Waals surface area contributed by atoms with Gasteiger partial charge in [-0.25, -0.2) is 14.2 Å². The Labute approximate surface area is 189 Å². The summed E-state index contributed by atoms with van der Waals surface area (Å²) in [5.41, 5.74) is 3.36. The van der Waals surface area contributed by atoms with Crippen LogP contribution in [-0.4, -0.2) is 24.6 Å². The molecule has 0 aliphatic carbocycles. The lowest BCUT2D eigenvalue weighted by molar-refractivity contribution is -0.136. The summed E-state index contributed by atoms with van der Waals surface area (Å²) in [6.07, 6.45) is 1.33. The smallest absolute Gasteiger partial charge is 0.329 e. The molecule has 2 N–H and O–H groups in total.